The molecule has 0 saturated carbocycles. The van der Waals surface area contributed by atoms with Crippen LogP contribution in [0.15, 0.2) is 30.5 Å². The molecule has 0 spiro atoms. The van der Waals surface area contributed by atoms with Gasteiger partial charge >= 0.3 is 11.9 Å². The Labute approximate surface area is 211 Å². The Kier molecular flexibility index (Phi) is 10.6. The van der Waals surface area contributed by atoms with Gasteiger partial charge in [0.25, 0.3) is 0 Å². The first kappa shape index (κ1) is 28.8. The number of carbonyl (C=O) groups excluding carboxylic acids is 4. The van der Waals surface area contributed by atoms with Crippen molar-refractivity contribution in [2.75, 3.05) is 6.54 Å². The molecule has 4 amide bonds. The number of aromatic nitrogens is 1. The highest BCUT2D eigenvalue weighted by atomic mass is 16.4. The van der Waals surface area contributed by atoms with Crippen molar-refractivity contribution in [1.29, 1.82) is 0 Å². The van der Waals surface area contributed by atoms with Gasteiger partial charge in [-0.25, -0.2) is 4.79 Å². The number of fused-ring (bicyclic) bond motifs is 1. The molecule has 3 unspecified atom stereocenters. The third-order valence-corrected chi connectivity index (χ3v) is 5.47. The number of nitrogens with two attached hydrogens (primary N) is 2. The van der Waals surface area contributed by atoms with Crippen LogP contribution in [0.2, 0.25) is 0 Å². The Hall–Kier alpha value is -4.46. The number of carboxylic acids is 2. The standard InChI is InChI=1S/C23H30N6O8/c24-14(9-12-10-26-15-4-2-1-3-13(12)15)21(34)29-16(6-8-20(32)33)22(35)27-11-19(31)28-17(23(36)37)5-7-18(25)30/h1-4,10,14,16-17,26H,5-9,11,24H2,(H2,25,30)(H,27,35)(H,28,31)(H,29,34)(H,32,33)(H,36,37). The second-order valence-electron chi connectivity index (χ2n) is 8.34. The lowest BCUT2D eigenvalue weighted by Crippen LogP contribution is -2.54. The molecule has 2 aromatic rings. The summed E-state index contributed by atoms with van der Waals surface area (Å²) in [6, 6.07) is 3.65. The van der Waals surface area contributed by atoms with E-state index in [1.54, 1.807) is 6.20 Å². The number of hydrogen-bond donors (Lipinski definition) is 8. The highest BCUT2D eigenvalue weighted by Crippen LogP contribution is 2.18. The number of aromatic amines is 1. The van der Waals surface area contributed by atoms with E-state index >= 15 is 0 Å². The van der Waals surface area contributed by atoms with Crippen molar-refractivity contribution in [3.63, 3.8) is 0 Å². The van der Waals surface area contributed by atoms with Crippen molar-refractivity contribution >= 4 is 46.5 Å². The minimum absolute atomic E-state index is 0.146. The molecule has 1 aromatic carbocycles. The first-order valence-corrected chi connectivity index (χ1v) is 11.4. The summed E-state index contributed by atoms with van der Waals surface area (Å²) >= 11 is 0. The number of carbonyl (C=O) groups is 6. The van der Waals surface area contributed by atoms with Gasteiger partial charge in [-0.15, -0.1) is 0 Å². The van der Waals surface area contributed by atoms with Gasteiger partial charge in [-0.3, -0.25) is 24.0 Å². The lowest BCUT2D eigenvalue weighted by molar-refractivity contribution is -0.142. The maximum Gasteiger partial charge on any atom is 0.326 e. The smallest absolute Gasteiger partial charge is 0.326 e. The predicted octanol–water partition coefficient (Wildman–Crippen LogP) is -1.66. The zero-order valence-electron chi connectivity index (χ0n) is 19.9. The van der Waals surface area contributed by atoms with Crippen LogP contribution in [0.4, 0.5) is 0 Å². The van der Waals surface area contributed by atoms with E-state index in [0.29, 0.717) is 0 Å². The van der Waals surface area contributed by atoms with E-state index in [1.165, 1.54) is 0 Å². The summed E-state index contributed by atoms with van der Waals surface area (Å²) in [5.41, 5.74) is 12.7. The van der Waals surface area contributed by atoms with Crippen LogP contribution >= 0.6 is 0 Å². The zero-order valence-corrected chi connectivity index (χ0v) is 19.9. The Bertz CT molecular complexity index is 1160. The fraction of sp³-hybridized carbons (Fsp3) is 0.391. The second kappa shape index (κ2) is 13.6. The Balaban J connectivity index is 1.97. The largest absolute Gasteiger partial charge is 0.481 e. The van der Waals surface area contributed by atoms with E-state index in [2.05, 4.69) is 20.9 Å². The minimum atomic E-state index is -1.40. The SMILES string of the molecule is NC(=O)CCC(NC(=O)CNC(=O)C(CCC(=O)O)NC(=O)C(N)Cc1c[nH]c2ccccc12)C(=O)O. The summed E-state index contributed by atoms with van der Waals surface area (Å²) in [5, 5.41) is 25.8. The van der Waals surface area contributed by atoms with E-state index in [9.17, 15) is 28.8 Å². The van der Waals surface area contributed by atoms with Crippen molar-refractivity contribution in [1.82, 2.24) is 20.9 Å². The molecule has 14 heteroatoms. The predicted molar refractivity (Wildman–Crippen MR) is 130 cm³/mol. The molecule has 1 heterocycles. The van der Waals surface area contributed by atoms with E-state index in [4.69, 9.17) is 21.7 Å². The van der Waals surface area contributed by atoms with Crippen molar-refractivity contribution in [2.24, 2.45) is 11.5 Å². The van der Waals surface area contributed by atoms with Crippen LogP contribution in [-0.4, -0.2) is 75.4 Å². The number of nitrogens with one attached hydrogen (secondary N) is 4. The summed E-state index contributed by atoms with van der Waals surface area (Å²) in [6.45, 7) is -0.653. The van der Waals surface area contributed by atoms with E-state index in [-0.39, 0.29) is 25.7 Å². The van der Waals surface area contributed by atoms with Crippen molar-refractivity contribution in [2.45, 2.75) is 50.2 Å². The number of amides is 4. The summed E-state index contributed by atoms with van der Waals surface area (Å²) < 4.78 is 0. The van der Waals surface area contributed by atoms with Gasteiger partial charge in [0.1, 0.15) is 12.1 Å². The normalized spacial score (nSPS) is 13.2. The monoisotopic (exact) mass is 518 g/mol. The number of hydrogen-bond acceptors (Lipinski definition) is 7. The van der Waals surface area contributed by atoms with Crippen LogP contribution in [0.25, 0.3) is 10.9 Å². The Morgan fingerprint density at radius 3 is 2.24 bits per heavy atom. The summed E-state index contributed by atoms with van der Waals surface area (Å²) in [4.78, 5) is 73.6. The Morgan fingerprint density at radius 2 is 1.59 bits per heavy atom. The second-order valence-corrected chi connectivity index (χ2v) is 8.34. The summed E-state index contributed by atoms with van der Waals surface area (Å²) in [6.07, 6.45) is 0.634. The average Bonchev–Trinajstić information content (AvgIpc) is 3.24. The number of aliphatic carboxylic acids is 2. The molecule has 0 bridgehead atoms. The molecule has 0 aliphatic carbocycles. The molecule has 10 N–H and O–H groups in total. The van der Waals surface area contributed by atoms with Gasteiger partial charge in [-0.2, -0.15) is 0 Å². The highest BCUT2D eigenvalue weighted by molar-refractivity contribution is 5.93. The van der Waals surface area contributed by atoms with Gasteiger partial charge in [-0.1, -0.05) is 18.2 Å². The first-order valence-electron chi connectivity index (χ1n) is 11.4. The van der Waals surface area contributed by atoms with Crippen LogP contribution in [0.5, 0.6) is 0 Å². The molecule has 0 radical (unpaired) electrons. The van der Waals surface area contributed by atoms with Crippen molar-refractivity contribution in [3.05, 3.63) is 36.0 Å². The molecule has 3 atom stereocenters. The van der Waals surface area contributed by atoms with E-state index in [1.807, 2.05) is 24.3 Å². The highest BCUT2D eigenvalue weighted by Gasteiger charge is 2.26. The van der Waals surface area contributed by atoms with E-state index < -0.39 is 66.7 Å². The molecule has 0 aliphatic rings. The van der Waals surface area contributed by atoms with Crippen molar-refractivity contribution in [3.8, 4) is 0 Å². The molecule has 0 aliphatic heterocycles. The fourth-order valence-corrected chi connectivity index (χ4v) is 3.53. The third-order valence-electron chi connectivity index (χ3n) is 5.47. The molecular formula is C23H30N6O8. The van der Waals surface area contributed by atoms with Crippen LogP contribution < -0.4 is 27.4 Å². The van der Waals surface area contributed by atoms with Gasteiger partial charge in [0.05, 0.1) is 12.6 Å². The molecule has 1 aromatic heterocycles. The van der Waals surface area contributed by atoms with Crippen molar-refractivity contribution < 1.29 is 39.0 Å². The minimum Gasteiger partial charge on any atom is -0.481 e. The van der Waals surface area contributed by atoms with Gasteiger partial charge in [0.2, 0.25) is 23.6 Å². The zero-order chi connectivity index (χ0) is 27.5. The number of H-pyrrole nitrogens is 1. The molecule has 200 valence electrons. The van der Waals surface area contributed by atoms with Gasteiger partial charge in [-0.05, 0) is 30.9 Å². The number of para-hydroxylation sites is 1. The van der Waals surface area contributed by atoms with Crippen LogP contribution in [-0.2, 0) is 35.2 Å². The lowest BCUT2D eigenvalue weighted by Gasteiger charge is -2.20. The number of carboxylic acid groups (broad SMARTS) is 2. The lowest BCUT2D eigenvalue weighted by atomic mass is 10.0. The van der Waals surface area contributed by atoms with Crippen LogP contribution in [0, 0.1) is 0 Å². The third kappa shape index (κ3) is 9.25. The van der Waals surface area contributed by atoms with Gasteiger partial charge in [0.15, 0.2) is 0 Å². The molecule has 14 nitrogen and oxygen atoms in total. The molecule has 2 rings (SSSR count). The maximum atomic E-state index is 12.7. The summed E-state index contributed by atoms with van der Waals surface area (Å²) in [7, 11) is 0. The number of primary amides is 1. The molecular weight excluding hydrogens is 488 g/mol. The molecule has 0 fully saturated rings. The van der Waals surface area contributed by atoms with Crippen LogP contribution in [0.3, 0.4) is 0 Å². The van der Waals surface area contributed by atoms with Crippen LogP contribution in [0.1, 0.15) is 31.2 Å². The number of benzene rings is 1. The molecule has 37 heavy (non-hydrogen) atoms. The van der Waals surface area contributed by atoms with Gasteiger partial charge in [0, 0.05) is 29.9 Å². The topological polar surface area (TPSA) is 247 Å². The Morgan fingerprint density at radius 1 is 0.919 bits per heavy atom. The number of rotatable bonds is 15. The maximum absolute atomic E-state index is 12.7. The first-order chi connectivity index (χ1) is 17.5. The quantitative estimate of drug-likeness (QED) is 0.134. The van der Waals surface area contributed by atoms with E-state index in [0.717, 1.165) is 16.5 Å². The fourth-order valence-electron chi connectivity index (χ4n) is 3.53. The van der Waals surface area contributed by atoms with Gasteiger partial charge < -0.3 is 42.6 Å². The molecule has 0 saturated heterocycles. The average molecular weight is 519 g/mol. The summed E-state index contributed by atoms with van der Waals surface area (Å²) in [5.74, 6) is -5.76.